The van der Waals surface area contributed by atoms with Crippen molar-refractivity contribution in [3.63, 3.8) is 0 Å². The van der Waals surface area contributed by atoms with Crippen molar-refractivity contribution >= 4 is 23.5 Å². The van der Waals surface area contributed by atoms with Gasteiger partial charge in [-0.3, -0.25) is 9.59 Å². The second-order valence-corrected chi connectivity index (χ2v) is 4.68. The fourth-order valence-electron chi connectivity index (χ4n) is 1.24. The highest BCUT2D eigenvalue weighted by Gasteiger charge is 2.03. The van der Waals surface area contributed by atoms with E-state index in [4.69, 9.17) is 5.26 Å². The number of Topliss-reactive ketones (excluding diaryl/α,β-unsaturated/α-hetero) is 1. The van der Waals surface area contributed by atoms with Crippen LogP contribution in [0.5, 0.6) is 0 Å². The smallest absolute Gasteiger partial charge is 0.230 e. The van der Waals surface area contributed by atoms with E-state index in [1.165, 1.54) is 18.7 Å². The number of nitriles is 1. The van der Waals surface area contributed by atoms with Crippen LogP contribution in [0.15, 0.2) is 29.2 Å². The molecule has 0 aliphatic heterocycles. The molecule has 18 heavy (non-hydrogen) atoms. The Morgan fingerprint density at radius 3 is 2.56 bits per heavy atom. The standard InChI is InChI=1S/C13H14N2O2S/c1-10(16)11-3-5-12(6-4-11)18-9-13(17)15-8-2-7-14/h3-6H,2,8-9H2,1H3,(H,15,17). The van der Waals surface area contributed by atoms with Crippen LogP contribution in [-0.4, -0.2) is 24.0 Å². The lowest BCUT2D eigenvalue weighted by Crippen LogP contribution is -2.25. The van der Waals surface area contributed by atoms with Crippen LogP contribution in [-0.2, 0) is 4.79 Å². The SMILES string of the molecule is CC(=O)c1ccc(SCC(=O)NCCC#N)cc1. The molecule has 1 aromatic carbocycles. The fourth-order valence-corrected chi connectivity index (χ4v) is 1.97. The van der Waals surface area contributed by atoms with Crippen LogP contribution in [0.3, 0.4) is 0 Å². The summed E-state index contributed by atoms with van der Waals surface area (Å²) in [6.07, 6.45) is 0.323. The van der Waals surface area contributed by atoms with E-state index < -0.39 is 0 Å². The van der Waals surface area contributed by atoms with Crippen molar-refractivity contribution in [2.45, 2.75) is 18.2 Å². The van der Waals surface area contributed by atoms with Gasteiger partial charge in [-0.1, -0.05) is 12.1 Å². The molecule has 1 rings (SSSR count). The highest BCUT2D eigenvalue weighted by atomic mass is 32.2. The van der Waals surface area contributed by atoms with E-state index in [1.54, 1.807) is 12.1 Å². The molecule has 0 radical (unpaired) electrons. The molecule has 0 fully saturated rings. The number of nitrogens with one attached hydrogen (secondary N) is 1. The molecule has 0 heterocycles. The van der Waals surface area contributed by atoms with Gasteiger partial charge in [-0.2, -0.15) is 5.26 Å². The van der Waals surface area contributed by atoms with Crippen LogP contribution < -0.4 is 5.32 Å². The van der Waals surface area contributed by atoms with E-state index in [0.717, 1.165) is 4.90 Å². The third kappa shape index (κ3) is 5.02. The highest BCUT2D eigenvalue weighted by molar-refractivity contribution is 8.00. The Hall–Kier alpha value is -1.80. The molecule has 0 aliphatic carbocycles. The van der Waals surface area contributed by atoms with Gasteiger partial charge in [-0.05, 0) is 19.1 Å². The zero-order valence-corrected chi connectivity index (χ0v) is 10.9. The van der Waals surface area contributed by atoms with Gasteiger partial charge in [0, 0.05) is 17.0 Å². The van der Waals surface area contributed by atoms with E-state index in [-0.39, 0.29) is 11.7 Å². The number of ketones is 1. The van der Waals surface area contributed by atoms with E-state index in [2.05, 4.69) is 5.32 Å². The lowest BCUT2D eigenvalue weighted by atomic mass is 10.2. The second-order valence-electron chi connectivity index (χ2n) is 3.63. The molecule has 1 amide bonds. The van der Waals surface area contributed by atoms with Crippen LogP contribution >= 0.6 is 11.8 Å². The minimum Gasteiger partial charge on any atom is -0.354 e. The molecule has 0 aliphatic rings. The lowest BCUT2D eigenvalue weighted by Gasteiger charge is -2.03. The van der Waals surface area contributed by atoms with Crippen LogP contribution in [0, 0.1) is 11.3 Å². The number of rotatable bonds is 6. The van der Waals surface area contributed by atoms with Gasteiger partial charge in [0.2, 0.25) is 5.91 Å². The van der Waals surface area contributed by atoms with Crippen molar-refractivity contribution in [3.05, 3.63) is 29.8 Å². The summed E-state index contributed by atoms with van der Waals surface area (Å²) in [5.74, 6) is 0.247. The molecule has 94 valence electrons. The Balaban J connectivity index is 2.37. The van der Waals surface area contributed by atoms with E-state index in [9.17, 15) is 9.59 Å². The number of hydrogen-bond donors (Lipinski definition) is 1. The highest BCUT2D eigenvalue weighted by Crippen LogP contribution is 2.18. The van der Waals surface area contributed by atoms with Crippen molar-refractivity contribution in [2.75, 3.05) is 12.3 Å². The molecular weight excluding hydrogens is 248 g/mol. The van der Waals surface area contributed by atoms with E-state index >= 15 is 0 Å². The van der Waals surface area contributed by atoms with Gasteiger partial charge in [-0.25, -0.2) is 0 Å². The first-order valence-corrected chi connectivity index (χ1v) is 6.49. The zero-order valence-electron chi connectivity index (χ0n) is 10.1. The van der Waals surface area contributed by atoms with Crippen molar-refractivity contribution in [1.82, 2.24) is 5.32 Å². The first-order valence-electron chi connectivity index (χ1n) is 5.51. The lowest BCUT2D eigenvalue weighted by molar-refractivity contribution is -0.118. The number of nitrogens with zero attached hydrogens (tertiary/aromatic N) is 1. The molecular formula is C13H14N2O2S. The summed E-state index contributed by atoms with van der Waals surface area (Å²) < 4.78 is 0. The third-order valence-electron chi connectivity index (χ3n) is 2.19. The Kier molecular flexibility index (Phi) is 5.95. The maximum atomic E-state index is 11.4. The molecule has 0 bridgehead atoms. The van der Waals surface area contributed by atoms with Gasteiger partial charge in [0.1, 0.15) is 0 Å². The van der Waals surface area contributed by atoms with Gasteiger partial charge in [0.05, 0.1) is 18.2 Å². The monoisotopic (exact) mass is 262 g/mol. The van der Waals surface area contributed by atoms with Crippen LogP contribution in [0.2, 0.25) is 0 Å². The molecule has 0 saturated heterocycles. The van der Waals surface area contributed by atoms with Crippen molar-refractivity contribution < 1.29 is 9.59 Å². The summed E-state index contributed by atoms with van der Waals surface area (Å²) in [5.41, 5.74) is 0.665. The molecule has 5 heteroatoms. The predicted octanol–water partition coefficient (Wildman–Crippen LogP) is 2.01. The van der Waals surface area contributed by atoms with Gasteiger partial charge >= 0.3 is 0 Å². The van der Waals surface area contributed by atoms with Crippen LogP contribution in [0.25, 0.3) is 0 Å². The minimum atomic E-state index is -0.0918. The molecule has 0 saturated carbocycles. The Morgan fingerprint density at radius 2 is 2.00 bits per heavy atom. The minimum absolute atomic E-state index is 0.0285. The number of hydrogen-bond acceptors (Lipinski definition) is 4. The molecule has 1 N–H and O–H groups in total. The summed E-state index contributed by atoms with van der Waals surface area (Å²) in [5, 5.41) is 11.0. The number of amides is 1. The van der Waals surface area contributed by atoms with Crippen LogP contribution in [0.1, 0.15) is 23.7 Å². The van der Waals surface area contributed by atoms with Gasteiger partial charge in [0.15, 0.2) is 5.78 Å². The van der Waals surface area contributed by atoms with Crippen molar-refractivity contribution in [1.29, 1.82) is 5.26 Å². The largest absolute Gasteiger partial charge is 0.354 e. The maximum Gasteiger partial charge on any atom is 0.230 e. The summed E-state index contributed by atoms with van der Waals surface area (Å²) in [6, 6.07) is 9.10. The zero-order chi connectivity index (χ0) is 13.4. The van der Waals surface area contributed by atoms with Gasteiger partial charge < -0.3 is 5.32 Å². The number of carbonyl (C=O) groups is 2. The molecule has 0 aromatic heterocycles. The predicted molar refractivity (Wildman–Crippen MR) is 70.4 cm³/mol. The Morgan fingerprint density at radius 1 is 1.33 bits per heavy atom. The number of carbonyl (C=O) groups excluding carboxylic acids is 2. The summed E-state index contributed by atoms with van der Waals surface area (Å²) in [7, 11) is 0. The normalized spacial score (nSPS) is 9.56. The average molecular weight is 262 g/mol. The van der Waals surface area contributed by atoms with Gasteiger partial charge in [0.25, 0.3) is 0 Å². The van der Waals surface area contributed by atoms with Crippen molar-refractivity contribution in [2.24, 2.45) is 0 Å². The van der Waals surface area contributed by atoms with Crippen molar-refractivity contribution in [3.8, 4) is 6.07 Å². The first-order chi connectivity index (χ1) is 8.63. The third-order valence-corrected chi connectivity index (χ3v) is 3.20. The second kappa shape index (κ2) is 7.51. The quantitative estimate of drug-likeness (QED) is 0.483. The summed E-state index contributed by atoms with van der Waals surface area (Å²) >= 11 is 1.40. The maximum absolute atomic E-state index is 11.4. The average Bonchev–Trinajstić information content (AvgIpc) is 2.37. The Bertz CT molecular complexity index is 463. The summed E-state index contributed by atoms with van der Waals surface area (Å²) in [4.78, 5) is 23.4. The van der Waals surface area contributed by atoms with E-state index in [1.807, 2.05) is 18.2 Å². The molecule has 4 nitrogen and oxygen atoms in total. The molecule has 0 spiro atoms. The Labute approximate surface area is 110 Å². The first kappa shape index (κ1) is 14.3. The molecule has 0 atom stereocenters. The van der Waals surface area contributed by atoms with E-state index in [0.29, 0.717) is 24.3 Å². The topological polar surface area (TPSA) is 70.0 Å². The number of benzene rings is 1. The van der Waals surface area contributed by atoms with Crippen LogP contribution in [0.4, 0.5) is 0 Å². The summed E-state index contributed by atoms with van der Waals surface area (Å²) in [6.45, 7) is 1.91. The molecule has 0 unspecified atom stereocenters. The number of thioether (sulfide) groups is 1. The fraction of sp³-hybridized carbons (Fsp3) is 0.308. The molecule has 1 aromatic rings. The van der Waals surface area contributed by atoms with Gasteiger partial charge in [-0.15, -0.1) is 11.8 Å².